The van der Waals surface area contributed by atoms with Crippen LogP contribution in [0.25, 0.3) is 5.65 Å². The van der Waals surface area contributed by atoms with E-state index in [2.05, 4.69) is 31.3 Å². The average Bonchev–Trinajstić information content (AvgIpc) is 3.28. The van der Waals surface area contributed by atoms with E-state index in [-0.39, 0.29) is 28.1 Å². The molecular weight excluding hydrogens is 525 g/mol. The van der Waals surface area contributed by atoms with Crippen molar-refractivity contribution >= 4 is 49.8 Å². The highest BCUT2D eigenvalue weighted by Gasteiger charge is 2.36. The topological polar surface area (TPSA) is 85.6 Å². The number of aryl methyl sites for hydroxylation is 2. The second kappa shape index (κ2) is 9.05. The number of nitrogens with one attached hydrogen (secondary N) is 1. The summed E-state index contributed by atoms with van der Waals surface area (Å²) in [7, 11) is 0. The lowest BCUT2D eigenvalue weighted by Gasteiger charge is -2.12. The summed E-state index contributed by atoms with van der Waals surface area (Å²) in [6.07, 6.45) is -0.632. The molecule has 0 unspecified atom stereocenters. The van der Waals surface area contributed by atoms with Crippen LogP contribution in [0.15, 0.2) is 10.5 Å². The molecule has 0 saturated heterocycles. The van der Waals surface area contributed by atoms with Crippen molar-refractivity contribution < 1.29 is 27.5 Å². The summed E-state index contributed by atoms with van der Waals surface area (Å²) < 4.78 is 46.5. The fourth-order valence-corrected chi connectivity index (χ4v) is 5.55. The zero-order chi connectivity index (χ0) is 23.9. The summed E-state index contributed by atoms with van der Waals surface area (Å²) in [5.41, 5.74) is -0.109. The number of carbonyl (C=O) groups is 2. The number of amides is 1. The van der Waals surface area contributed by atoms with Crippen molar-refractivity contribution in [3.8, 4) is 0 Å². The van der Waals surface area contributed by atoms with Crippen molar-refractivity contribution in [1.82, 2.24) is 14.6 Å². The van der Waals surface area contributed by atoms with Crippen LogP contribution in [0.4, 0.5) is 18.2 Å². The first-order valence-corrected chi connectivity index (χ1v) is 12.0. The highest BCUT2D eigenvalue weighted by atomic mass is 79.9. The van der Waals surface area contributed by atoms with Crippen LogP contribution < -0.4 is 5.32 Å². The Morgan fingerprint density at radius 2 is 2.03 bits per heavy atom. The van der Waals surface area contributed by atoms with E-state index in [1.54, 1.807) is 0 Å². The average molecular weight is 545 g/mol. The minimum absolute atomic E-state index is 0.0330. The maximum atomic E-state index is 13.5. The molecule has 3 aromatic rings. The van der Waals surface area contributed by atoms with Crippen LogP contribution in [0.1, 0.15) is 68.9 Å². The molecule has 33 heavy (non-hydrogen) atoms. The number of esters is 1. The van der Waals surface area contributed by atoms with Crippen molar-refractivity contribution in [3.05, 3.63) is 43.6 Å². The third-order valence-electron chi connectivity index (χ3n) is 5.21. The Labute approximate surface area is 199 Å². The van der Waals surface area contributed by atoms with E-state index in [1.807, 2.05) is 6.92 Å². The molecule has 3 heterocycles. The predicted molar refractivity (Wildman–Crippen MR) is 120 cm³/mol. The maximum absolute atomic E-state index is 13.5. The van der Waals surface area contributed by atoms with Gasteiger partial charge in [0.05, 0.1) is 16.6 Å². The molecule has 1 N–H and O–H groups in total. The molecule has 0 spiro atoms. The van der Waals surface area contributed by atoms with E-state index in [0.717, 1.165) is 35.8 Å². The van der Waals surface area contributed by atoms with Gasteiger partial charge < -0.3 is 10.1 Å². The largest absolute Gasteiger partial charge is 0.462 e. The molecule has 0 radical (unpaired) electrons. The lowest BCUT2D eigenvalue weighted by atomic mass is 9.95. The summed E-state index contributed by atoms with van der Waals surface area (Å²) in [6, 6.07) is 0.864. The Balaban J connectivity index is 1.74. The summed E-state index contributed by atoms with van der Waals surface area (Å²) >= 11 is 4.47. The predicted octanol–water partition coefficient (Wildman–Crippen LogP) is 5.58. The smallest absolute Gasteiger partial charge is 0.433 e. The van der Waals surface area contributed by atoms with E-state index < -0.39 is 23.7 Å². The Morgan fingerprint density at radius 3 is 2.73 bits per heavy atom. The molecule has 0 aliphatic heterocycles. The lowest BCUT2D eigenvalue weighted by Crippen LogP contribution is -2.17. The molecular formula is C21H20BrF3N4O3S. The van der Waals surface area contributed by atoms with Crippen molar-refractivity contribution in [3.63, 3.8) is 0 Å². The fourth-order valence-electron chi connectivity index (χ4n) is 3.76. The third-order valence-corrected chi connectivity index (χ3v) is 7.14. The van der Waals surface area contributed by atoms with Gasteiger partial charge in [-0.05, 0) is 66.6 Å². The van der Waals surface area contributed by atoms with Gasteiger partial charge in [-0.15, -0.1) is 11.3 Å². The van der Waals surface area contributed by atoms with Crippen LogP contribution in [0.2, 0.25) is 0 Å². The van der Waals surface area contributed by atoms with Crippen LogP contribution in [0, 0.1) is 6.92 Å². The molecule has 0 atom stereocenters. The lowest BCUT2D eigenvalue weighted by molar-refractivity contribution is -0.142. The Morgan fingerprint density at radius 1 is 1.30 bits per heavy atom. The number of rotatable bonds is 5. The van der Waals surface area contributed by atoms with E-state index in [9.17, 15) is 22.8 Å². The van der Waals surface area contributed by atoms with Gasteiger partial charge in [-0.2, -0.15) is 18.3 Å². The van der Waals surface area contributed by atoms with Crippen LogP contribution in [0.5, 0.6) is 0 Å². The molecule has 3 aromatic heterocycles. The second-order valence-corrected chi connectivity index (χ2v) is 9.58. The quantitative estimate of drug-likeness (QED) is 0.424. The monoisotopic (exact) mass is 544 g/mol. The number of hydrogen-bond donors (Lipinski definition) is 1. The third kappa shape index (κ3) is 4.50. The molecule has 176 valence electrons. The molecule has 0 saturated carbocycles. The van der Waals surface area contributed by atoms with Crippen molar-refractivity contribution in [1.29, 1.82) is 0 Å². The first-order chi connectivity index (χ1) is 15.6. The van der Waals surface area contributed by atoms with Gasteiger partial charge in [0.1, 0.15) is 10.7 Å². The van der Waals surface area contributed by atoms with Gasteiger partial charge >= 0.3 is 12.1 Å². The number of aromatic nitrogens is 3. The highest BCUT2D eigenvalue weighted by molar-refractivity contribution is 9.10. The summed E-state index contributed by atoms with van der Waals surface area (Å²) in [4.78, 5) is 30.9. The number of halogens is 4. The molecule has 7 nitrogen and oxygen atoms in total. The first-order valence-electron chi connectivity index (χ1n) is 10.4. The Bertz CT molecular complexity index is 1250. The number of hydrogen-bond acceptors (Lipinski definition) is 6. The standard InChI is InChI=1S/C21H20BrF3N4O3S/c1-3-8-32-20(31)14-11-6-4-5-7-12(11)33-19(14)27-18(30)16-15(22)17-26-10(2)9-13(21(23,24)25)29(17)28-16/h9H,3-8H2,1-2H3,(H,27,30). The summed E-state index contributed by atoms with van der Waals surface area (Å²) in [5, 5.41) is 6.88. The normalized spacial score (nSPS) is 13.8. The molecule has 0 fully saturated rings. The minimum Gasteiger partial charge on any atom is -0.462 e. The zero-order valence-electron chi connectivity index (χ0n) is 17.8. The molecule has 0 aromatic carbocycles. The maximum Gasteiger partial charge on any atom is 0.433 e. The Kier molecular flexibility index (Phi) is 6.50. The highest BCUT2D eigenvalue weighted by Crippen LogP contribution is 2.39. The number of ether oxygens (including phenoxy) is 1. The van der Waals surface area contributed by atoms with Gasteiger partial charge in [0.2, 0.25) is 0 Å². The molecule has 1 amide bonds. The van der Waals surface area contributed by atoms with E-state index in [0.29, 0.717) is 27.9 Å². The van der Waals surface area contributed by atoms with E-state index in [4.69, 9.17) is 4.74 Å². The number of alkyl halides is 3. The molecule has 4 rings (SSSR count). The van der Waals surface area contributed by atoms with Gasteiger partial charge in [0.25, 0.3) is 5.91 Å². The summed E-state index contributed by atoms with van der Waals surface area (Å²) in [6.45, 7) is 3.56. The first kappa shape index (κ1) is 23.7. The van der Waals surface area contributed by atoms with Crippen LogP contribution in [-0.2, 0) is 23.8 Å². The van der Waals surface area contributed by atoms with Crippen LogP contribution in [-0.4, -0.2) is 33.1 Å². The number of carbonyl (C=O) groups excluding carboxylic acids is 2. The van der Waals surface area contributed by atoms with Gasteiger partial charge in [-0.3, -0.25) is 4.79 Å². The SMILES string of the molecule is CCCOC(=O)c1c(NC(=O)c2nn3c(C(F)(F)F)cc(C)nc3c2Br)sc2c1CCCC2. The Hall–Kier alpha value is -2.47. The number of anilines is 1. The van der Waals surface area contributed by atoms with E-state index >= 15 is 0 Å². The molecule has 12 heteroatoms. The number of nitrogens with zero attached hydrogens (tertiary/aromatic N) is 3. The van der Waals surface area contributed by atoms with Crippen LogP contribution >= 0.6 is 27.3 Å². The van der Waals surface area contributed by atoms with Gasteiger partial charge in [0, 0.05) is 10.6 Å². The minimum atomic E-state index is -4.69. The van der Waals surface area contributed by atoms with Gasteiger partial charge in [-0.25, -0.2) is 14.3 Å². The second-order valence-electron chi connectivity index (χ2n) is 7.68. The van der Waals surface area contributed by atoms with E-state index in [1.165, 1.54) is 18.3 Å². The molecule has 1 aliphatic rings. The number of fused-ring (bicyclic) bond motifs is 2. The van der Waals surface area contributed by atoms with Crippen molar-refractivity contribution in [2.24, 2.45) is 0 Å². The van der Waals surface area contributed by atoms with Crippen LogP contribution in [0.3, 0.4) is 0 Å². The molecule has 0 bridgehead atoms. The summed E-state index contributed by atoms with van der Waals surface area (Å²) in [5.74, 6) is -1.27. The molecule has 1 aliphatic carbocycles. The zero-order valence-corrected chi connectivity index (χ0v) is 20.2. The fraction of sp³-hybridized carbons (Fsp3) is 0.429. The van der Waals surface area contributed by atoms with Crippen molar-refractivity contribution in [2.75, 3.05) is 11.9 Å². The number of thiophene rings is 1. The van der Waals surface area contributed by atoms with Gasteiger partial charge in [0.15, 0.2) is 11.3 Å². The van der Waals surface area contributed by atoms with Crippen molar-refractivity contribution in [2.45, 2.75) is 52.1 Å². The van der Waals surface area contributed by atoms with Gasteiger partial charge in [-0.1, -0.05) is 6.92 Å².